The van der Waals surface area contributed by atoms with Crippen molar-refractivity contribution in [3.05, 3.63) is 71.1 Å². The zero-order valence-electron chi connectivity index (χ0n) is 16.9. The fourth-order valence-corrected chi connectivity index (χ4v) is 3.55. The lowest BCUT2D eigenvalue weighted by Crippen LogP contribution is -2.43. The third-order valence-corrected chi connectivity index (χ3v) is 5.06. The molecule has 3 aromatic rings. The summed E-state index contributed by atoms with van der Waals surface area (Å²) in [7, 11) is 0. The van der Waals surface area contributed by atoms with Crippen LogP contribution in [0.1, 0.15) is 44.9 Å². The van der Waals surface area contributed by atoms with Crippen molar-refractivity contribution < 1.29 is 27.2 Å². The lowest BCUT2D eigenvalue weighted by Gasteiger charge is -2.32. The Labute approximate surface area is 179 Å². The van der Waals surface area contributed by atoms with Crippen LogP contribution >= 0.6 is 0 Å². The summed E-state index contributed by atoms with van der Waals surface area (Å²) in [5, 5.41) is 6.78. The van der Waals surface area contributed by atoms with Gasteiger partial charge in [-0.05, 0) is 43.7 Å². The van der Waals surface area contributed by atoms with E-state index in [0.29, 0.717) is 12.1 Å². The Bertz CT molecular complexity index is 1220. The number of hydrogen-bond acceptors (Lipinski definition) is 4. The predicted molar refractivity (Wildman–Crippen MR) is 107 cm³/mol. The molecular weight excluding hydrogens is 430 g/mol. The fraction of sp³-hybridized carbons (Fsp3) is 0.238. The van der Waals surface area contributed by atoms with Crippen LogP contribution in [0.15, 0.2) is 42.9 Å². The van der Waals surface area contributed by atoms with Crippen LogP contribution in [0.2, 0.25) is 0 Å². The zero-order chi connectivity index (χ0) is 23.2. The second kappa shape index (κ2) is 7.74. The van der Waals surface area contributed by atoms with Crippen LogP contribution in [-0.4, -0.2) is 33.1 Å². The van der Waals surface area contributed by atoms with Gasteiger partial charge in [0.1, 0.15) is 5.82 Å². The van der Waals surface area contributed by atoms with Crippen molar-refractivity contribution in [3.8, 4) is 0 Å². The smallest absolute Gasteiger partial charge is 0.319 e. The number of rotatable bonds is 3. The third-order valence-electron chi connectivity index (χ3n) is 5.06. The maximum absolute atomic E-state index is 14.1. The first-order valence-corrected chi connectivity index (χ1v) is 9.55. The first-order valence-electron chi connectivity index (χ1n) is 9.55. The summed E-state index contributed by atoms with van der Waals surface area (Å²) in [6.07, 6.45) is -0.560. The van der Waals surface area contributed by atoms with Crippen LogP contribution in [0.3, 0.4) is 0 Å². The van der Waals surface area contributed by atoms with Gasteiger partial charge in [-0.15, -0.1) is 0 Å². The molecule has 1 aliphatic rings. The van der Waals surface area contributed by atoms with Crippen molar-refractivity contribution in [2.75, 3.05) is 16.8 Å². The molecule has 166 valence electrons. The number of carbonyl (C=O) groups excluding carboxylic acids is 2. The molecule has 0 spiro atoms. The highest BCUT2D eigenvalue weighted by atomic mass is 19.4. The van der Waals surface area contributed by atoms with E-state index in [0.717, 1.165) is 16.5 Å². The maximum Gasteiger partial charge on any atom is 0.419 e. The number of anilines is 2. The summed E-state index contributed by atoms with van der Waals surface area (Å²) in [5.74, 6) is -2.61. The summed E-state index contributed by atoms with van der Waals surface area (Å²) in [5.41, 5.74) is -0.218. The third kappa shape index (κ3) is 3.81. The van der Waals surface area contributed by atoms with E-state index in [1.54, 1.807) is 26.1 Å². The van der Waals surface area contributed by atoms with Crippen molar-refractivity contribution in [3.63, 3.8) is 0 Å². The Kier molecular flexibility index (Phi) is 5.19. The fourth-order valence-electron chi connectivity index (χ4n) is 3.55. The lowest BCUT2D eigenvalue weighted by molar-refractivity contribution is -0.139. The minimum Gasteiger partial charge on any atom is -0.319 e. The van der Waals surface area contributed by atoms with E-state index in [9.17, 15) is 27.2 Å². The number of fused-ring (bicyclic) bond motifs is 1. The number of alkyl halides is 3. The number of halogens is 4. The minimum absolute atomic E-state index is 0.0278. The van der Waals surface area contributed by atoms with Crippen molar-refractivity contribution in [2.24, 2.45) is 0 Å². The molecule has 0 fully saturated rings. The molecule has 2 aromatic heterocycles. The van der Waals surface area contributed by atoms with E-state index in [1.807, 2.05) is 0 Å². The van der Waals surface area contributed by atoms with E-state index in [2.05, 4.69) is 15.4 Å². The standard InChI is InChI=1S/C21H17F4N5O2/c1-11-5-13(8-26-7-11)19(31)28-17-9-27-30-12(2)10-29(20(32)18(17)30)14-3-4-15(16(22)6-14)21(23,24)25/h3-9,12H,10H2,1-2H3,(H,28,31)/t12-/m0/s1. The summed E-state index contributed by atoms with van der Waals surface area (Å²) in [6, 6.07) is 3.57. The number of hydrogen-bond donors (Lipinski definition) is 1. The molecule has 4 rings (SSSR count). The Hall–Kier alpha value is -3.76. The topological polar surface area (TPSA) is 80.1 Å². The lowest BCUT2D eigenvalue weighted by atomic mass is 10.1. The van der Waals surface area contributed by atoms with Gasteiger partial charge >= 0.3 is 6.18 Å². The number of carbonyl (C=O) groups is 2. The van der Waals surface area contributed by atoms with E-state index in [4.69, 9.17) is 0 Å². The van der Waals surface area contributed by atoms with Crippen molar-refractivity contribution in [2.45, 2.75) is 26.1 Å². The number of amides is 2. The van der Waals surface area contributed by atoms with E-state index >= 15 is 0 Å². The Morgan fingerprint density at radius 3 is 2.59 bits per heavy atom. The van der Waals surface area contributed by atoms with Gasteiger partial charge in [-0.25, -0.2) is 4.39 Å². The maximum atomic E-state index is 14.1. The van der Waals surface area contributed by atoms with E-state index in [-0.39, 0.29) is 35.2 Å². The number of pyridine rings is 1. The molecule has 0 saturated heterocycles. The largest absolute Gasteiger partial charge is 0.419 e. The highest BCUT2D eigenvalue weighted by Crippen LogP contribution is 2.35. The number of aromatic nitrogens is 3. The predicted octanol–water partition coefficient (Wildman–Crippen LogP) is 4.22. The molecule has 1 aliphatic heterocycles. The van der Waals surface area contributed by atoms with Gasteiger partial charge in [0.15, 0.2) is 5.69 Å². The quantitative estimate of drug-likeness (QED) is 0.610. The van der Waals surface area contributed by atoms with Crippen molar-refractivity contribution in [1.29, 1.82) is 0 Å². The van der Waals surface area contributed by atoms with Crippen molar-refractivity contribution in [1.82, 2.24) is 14.8 Å². The summed E-state index contributed by atoms with van der Waals surface area (Å²) in [6.45, 7) is 3.58. The molecule has 3 heterocycles. The van der Waals surface area contributed by atoms with Gasteiger partial charge in [0.25, 0.3) is 11.8 Å². The highest BCUT2D eigenvalue weighted by molar-refractivity contribution is 6.13. The van der Waals surface area contributed by atoms with Gasteiger partial charge in [-0.2, -0.15) is 18.3 Å². The number of nitrogens with one attached hydrogen (secondary N) is 1. The zero-order valence-corrected chi connectivity index (χ0v) is 16.9. The number of aryl methyl sites for hydroxylation is 1. The average molecular weight is 447 g/mol. The Balaban J connectivity index is 1.66. The molecule has 1 N–H and O–H groups in total. The van der Waals surface area contributed by atoms with E-state index < -0.39 is 29.4 Å². The van der Waals surface area contributed by atoms with Crippen LogP contribution in [0, 0.1) is 12.7 Å². The average Bonchev–Trinajstić information content (AvgIpc) is 3.14. The molecule has 7 nitrogen and oxygen atoms in total. The molecule has 2 amide bonds. The second-order valence-electron chi connectivity index (χ2n) is 7.48. The van der Waals surface area contributed by atoms with Crippen LogP contribution < -0.4 is 10.2 Å². The van der Waals surface area contributed by atoms with Gasteiger partial charge in [0.05, 0.1) is 29.1 Å². The van der Waals surface area contributed by atoms with Gasteiger partial charge < -0.3 is 10.2 Å². The molecule has 32 heavy (non-hydrogen) atoms. The van der Waals surface area contributed by atoms with Crippen molar-refractivity contribution >= 4 is 23.2 Å². The molecule has 0 unspecified atom stereocenters. The highest BCUT2D eigenvalue weighted by Gasteiger charge is 2.37. The summed E-state index contributed by atoms with van der Waals surface area (Å²) < 4.78 is 54.2. The SMILES string of the molecule is Cc1cncc(C(=O)Nc2cnn3c2C(=O)N(c2ccc(C(F)(F)F)c(F)c2)C[C@@H]3C)c1. The van der Waals surface area contributed by atoms with Gasteiger partial charge in [-0.3, -0.25) is 19.3 Å². The minimum atomic E-state index is -4.84. The molecule has 11 heteroatoms. The Morgan fingerprint density at radius 1 is 1.19 bits per heavy atom. The molecule has 1 atom stereocenters. The normalized spacial score (nSPS) is 16.1. The molecule has 0 bridgehead atoms. The van der Waals surface area contributed by atoms with Crippen LogP contribution in [0.25, 0.3) is 0 Å². The second-order valence-corrected chi connectivity index (χ2v) is 7.48. The van der Waals surface area contributed by atoms with Crippen LogP contribution in [0.4, 0.5) is 28.9 Å². The number of nitrogens with zero attached hydrogens (tertiary/aromatic N) is 4. The van der Waals surface area contributed by atoms with Gasteiger partial charge in [0, 0.05) is 24.6 Å². The van der Waals surface area contributed by atoms with Gasteiger partial charge in [0.2, 0.25) is 0 Å². The summed E-state index contributed by atoms with van der Waals surface area (Å²) in [4.78, 5) is 30.9. The Morgan fingerprint density at radius 2 is 1.94 bits per heavy atom. The van der Waals surface area contributed by atoms with E-state index in [1.165, 1.54) is 17.1 Å². The number of benzene rings is 1. The molecule has 0 aliphatic carbocycles. The van der Waals surface area contributed by atoms with Gasteiger partial charge in [-0.1, -0.05) is 0 Å². The van der Waals surface area contributed by atoms with Crippen LogP contribution in [-0.2, 0) is 6.18 Å². The first kappa shape index (κ1) is 21.5. The monoisotopic (exact) mass is 447 g/mol. The summed E-state index contributed by atoms with van der Waals surface area (Å²) >= 11 is 0. The molecule has 0 radical (unpaired) electrons. The first-order chi connectivity index (χ1) is 15.1. The molecular formula is C21H17F4N5O2. The van der Waals surface area contributed by atoms with Crippen LogP contribution in [0.5, 0.6) is 0 Å². The molecule has 1 aromatic carbocycles. The molecule has 0 saturated carbocycles.